The summed E-state index contributed by atoms with van der Waals surface area (Å²) in [5.74, 6) is -0.117. The zero-order valence-corrected chi connectivity index (χ0v) is 17.3. The van der Waals surface area contributed by atoms with Gasteiger partial charge in [0.25, 0.3) is 5.91 Å². The Morgan fingerprint density at radius 2 is 1.93 bits per heavy atom. The summed E-state index contributed by atoms with van der Waals surface area (Å²) in [6, 6.07) is 8.52. The monoisotopic (exact) mass is 436 g/mol. The zero-order chi connectivity index (χ0) is 21.3. The molecule has 3 aromatic rings. The highest BCUT2D eigenvalue weighted by atomic mass is 32.1. The van der Waals surface area contributed by atoms with E-state index < -0.39 is 11.1 Å². The second-order valence-electron chi connectivity index (χ2n) is 7.52. The minimum Gasteiger partial charge on any atom is -0.382 e. The number of carbonyl (C=O) groups is 1. The molecule has 1 saturated carbocycles. The van der Waals surface area contributed by atoms with E-state index in [0.29, 0.717) is 22.3 Å². The van der Waals surface area contributed by atoms with E-state index in [1.807, 2.05) is 13.0 Å². The molecule has 30 heavy (non-hydrogen) atoms. The molecule has 0 unspecified atom stereocenters. The molecule has 4 rings (SSSR count). The van der Waals surface area contributed by atoms with Crippen molar-refractivity contribution in [2.45, 2.75) is 57.4 Å². The molecule has 2 aromatic heterocycles. The highest BCUT2D eigenvalue weighted by molar-refractivity contribution is 7.19. The number of hydrogen-bond donors (Lipinski definition) is 2. The van der Waals surface area contributed by atoms with Crippen molar-refractivity contribution in [3.63, 3.8) is 0 Å². The van der Waals surface area contributed by atoms with Crippen molar-refractivity contribution in [1.82, 2.24) is 15.1 Å². The molecule has 0 atom stereocenters. The Morgan fingerprint density at radius 1 is 1.20 bits per heavy atom. The van der Waals surface area contributed by atoms with Gasteiger partial charge in [-0.2, -0.15) is 18.3 Å². The molecule has 1 aliphatic carbocycles. The smallest absolute Gasteiger partial charge is 0.382 e. The number of hydrogen-bond acceptors (Lipinski definition) is 4. The summed E-state index contributed by atoms with van der Waals surface area (Å²) in [7, 11) is 0. The van der Waals surface area contributed by atoms with E-state index in [-0.39, 0.29) is 18.0 Å². The normalized spacial score (nSPS) is 19.7. The summed E-state index contributed by atoms with van der Waals surface area (Å²) in [6.07, 6.45) is 0.599. The Hall–Kier alpha value is -2.55. The molecular weight excluding hydrogens is 413 g/mol. The van der Waals surface area contributed by atoms with Crippen LogP contribution >= 0.6 is 11.3 Å². The summed E-state index contributed by atoms with van der Waals surface area (Å²) >= 11 is 0.770. The summed E-state index contributed by atoms with van der Waals surface area (Å²) in [5, 5.41) is 11.2. The summed E-state index contributed by atoms with van der Waals surface area (Å²) in [4.78, 5) is 11.9. The van der Waals surface area contributed by atoms with Crippen LogP contribution in [0.3, 0.4) is 0 Å². The Kier molecular flexibility index (Phi) is 5.73. The number of thiophene rings is 1. The van der Waals surface area contributed by atoms with Crippen molar-refractivity contribution in [3.05, 3.63) is 47.1 Å². The van der Waals surface area contributed by atoms with E-state index in [1.54, 1.807) is 29.1 Å². The van der Waals surface area contributed by atoms with Crippen LogP contribution < -0.4 is 10.6 Å². The van der Waals surface area contributed by atoms with Gasteiger partial charge in [0.15, 0.2) is 0 Å². The van der Waals surface area contributed by atoms with Gasteiger partial charge in [0, 0.05) is 40.6 Å². The van der Waals surface area contributed by atoms with Gasteiger partial charge in [0.1, 0.15) is 10.6 Å². The highest BCUT2D eigenvalue weighted by Crippen LogP contribution is 2.40. The Balaban J connectivity index is 1.37. The van der Waals surface area contributed by atoms with Crippen LogP contribution in [0.1, 0.15) is 48.0 Å². The fourth-order valence-corrected chi connectivity index (χ4v) is 4.92. The molecule has 0 bridgehead atoms. The SMILES string of the molecule is CCn1nccc1C(=O)N[C@H]1CC[C@@H](Nc2cccc3sc(C(F)(F)F)cc23)CC1. The van der Waals surface area contributed by atoms with Gasteiger partial charge < -0.3 is 10.6 Å². The lowest BCUT2D eigenvalue weighted by molar-refractivity contribution is -0.134. The van der Waals surface area contributed by atoms with Crippen molar-refractivity contribution >= 4 is 33.0 Å². The van der Waals surface area contributed by atoms with Crippen LogP contribution in [0.4, 0.5) is 18.9 Å². The van der Waals surface area contributed by atoms with E-state index in [9.17, 15) is 18.0 Å². The van der Waals surface area contributed by atoms with Crippen molar-refractivity contribution in [2.24, 2.45) is 0 Å². The lowest BCUT2D eigenvalue weighted by atomic mass is 9.90. The van der Waals surface area contributed by atoms with Crippen LogP contribution in [0.2, 0.25) is 0 Å². The van der Waals surface area contributed by atoms with Crippen LogP contribution in [-0.2, 0) is 12.7 Å². The molecule has 0 spiro atoms. The zero-order valence-electron chi connectivity index (χ0n) is 16.5. The van der Waals surface area contributed by atoms with Crippen LogP contribution in [0.5, 0.6) is 0 Å². The molecule has 160 valence electrons. The predicted octanol–water partition coefficient (Wildman–Crippen LogP) is 5.29. The topological polar surface area (TPSA) is 59.0 Å². The Labute approximate surface area is 176 Å². The molecular formula is C21H23F3N4OS. The minimum absolute atomic E-state index is 0.0875. The first kappa shape index (κ1) is 20.7. The average Bonchev–Trinajstić information content (AvgIpc) is 3.36. The number of benzene rings is 1. The fraction of sp³-hybridized carbons (Fsp3) is 0.429. The maximum Gasteiger partial charge on any atom is 0.425 e. The number of carbonyl (C=O) groups excluding carboxylic acids is 1. The lowest BCUT2D eigenvalue weighted by Crippen LogP contribution is -2.40. The average molecular weight is 437 g/mol. The molecule has 1 aromatic carbocycles. The Morgan fingerprint density at radius 3 is 2.63 bits per heavy atom. The van der Waals surface area contributed by atoms with Gasteiger partial charge in [0.05, 0.1) is 0 Å². The van der Waals surface area contributed by atoms with Gasteiger partial charge in [-0.3, -0.25) is 9.48 Å². The number of nitrogens with zero attached hydrogens (tertiary/aromatic N) is 2. The number of fused-ring (bicyclic) bond motifs is 1. The molecule has 1 amide bonds. The molecule has 0 aliphatic heterocycles. The third-order valence-corrected chi connectivity index (χ3v) is 6.66. The lowest BCUT2D eigenvalue weighted by Gasteiger charge is -2.30. The number of aryl methyl sites for hydroxylation is 1. The van der Waals surface area contributed by atoms with Crippen molar-refractivity contribution in [2.75, 3.05) is 5.32 Å². The number of nitrogens with one attached hydrogen (secondary N) is 2. The quantitative estimate of drug-likeness (QED) is 0.571. The fourth-order valence-electron chi connectivity index (χ4n) is 3.97. The van der Waals surface area contributed by atoms with Gasteiger partial charge >= 0.3 is 6.18 Å². The number of amides is 1. The third-order valence-electron chi connectivity index (χ3n) is 5.51. The minimum atomic E-state index is -4.33. The first-order valence-corrected chi connectivity index (χ1v) is 10.9. The molecule has 2 N–H and O–H groups in total. The number of rotatable bonds is 5. The molecule has 0 saturated heterocycles. The predicted molar refractivity (Wildman–Crippen MR) is 112 cm³/mol. The first-order valence-electron chi connectivity index (χ1n) is 10.0. The third kappa shape index (κ3) is 4.30. The van der Waals surface area contributed by atoms with Crippen LogP contribution in [-0.4, -0.2) is 27.8 Å². The Bertz CT molecular complexity index is 1030. The number of aromatic nitrogens is 2. The second kappa shape index (κ2) is 8.29. The number of anilines is 1. The summed E-state index contributed by atoms with van der Waals surface area (Å²) < 4.78 is 41.5. The standard InChI is InChI=1S/C21H23F3N4OS/c1-2-28-17(10-11-25-28)20(29)27-14-8-6-13(7-9-14)26-16-4-3-5-18-15(16)12-19(30-18)21(22,23)24/h3-5,10-14,26H,2,6-9H2,1H3,(H,27,29)/t13-,14+. The van der Waals surface area contributed by atoms with E-state index >= 15 is 0 Å². The van der Waals surface area contributed by atoms with E-state index in [0.717, 1.165) is 42.7 Å². The molecule has 1 fully saturated rings. The van der Waals surface area contributed by atoms with Crippen molar-refractivity contribution in [3.8, 4) is 0 Å². The van der Waals surface area contributed by atoms with E-state index in [1.165, 1.54) is 6.07 Å². The molecule has 5 nitrogen and oxygen atoms in total. The van der Waals surface area contributed by atoms with Crippen molar-refractivity contribution in [1.29, 1.82) is 0 Å². The maximum absolute atomic E-state index is 13.1. The van der Waals surface area contributed by atoms with Crippen LogP contribution in [0, 0.1) is 0 Å². The van der Waals surface area contributed by atoms with Gasteiger partial charge in [-0.15, -0.1) is 11.3 Å². The highest BCUT2D eigenvalue weighted by Gasteiger charge is 2.33. The molecule has 0 radical (unpaired) electrons. The van der Waals surface area contributed by atoms with Gasteiger partial charge in [-0.05, 0) is 56.9 Å². The molecule has 1 aliphatic rings. The maximum atomic E-state index is 13.1. The van der Waals surface area contributed by atoms with Gasteiger partial charge in [-0.25, -0.2) is 0 Å². The summed E-state index contributed by atoms with van der Waals surface area (Å²) in [5.41, 5.74) is 1.29. The van der Waals surface area contributed by atoms with Crippen molar-refractivity contribution < 1.29 is 18.0 Å². The van der Waals surface area contributed by atoms with Crippen LogP contribution in [0.25, 0.3) is 10.1 Å². The number of halogens is 3. The van der Waals surface area contributed by atoms with Gasteiger partial charge in [-0.1, -0.05) is 6.07 Å². The summed E-state index contributed by atoms with van der Waals surface area (Å²) in [6.45, 7) is 2.57. The first-order chi connectivity index (χ1) is 14.3. The second-order valence-corrected chi connectivity index (χ2v) is 8.61. The van der Waals surface area contributed by atoms with Gasteiger partial charge in [0.2, 0.25) is 0 Å². The molecule has 2 heterocycles. The largest absolute Gasteiger partial charge is 0.425 e. The van der Waals surface area contributed by atoms with Crippen LogP contribution in [0.15, 0.2) is 36.5 Å². The van der Waals surface area contributed by atoms with E-state index in [4.69, 9.17) is 0 Å². The molecule has 9 heteroatoms. The van der Waals surface area contributed by atoms with E-state index in [2.05, 4.69) is 15.7 Å². The number of alkyl halides is 3.